The molecule has 0 fully saturated rings. The lowest BCUT2D eigenvalue weighted by molar-refractivity contribution is -0.104. The molecule has 0 aromatic carbocycles. The quantitative estimate of drug-likeness (QED) is 0.422. The summed E-state index contributed by atoms with van der Waals surface area (Å²) in [6.07, 6.45) is 2.23. The van der Waals surface area contributed by atoms with Crippen molar-refractivity contribution in [3.63, 3.8) is 0 Å². The predicted molar refractivity (Wildman–Crippen MR) is 36.9 cm³/mol. The Balaban J connectivity index is 3.96. The number of carbonyl (C=O) groups excluding carboxylic acids is 1. The molecule has 1 N–H and O–H groups in total. The Kier molecular flexibility index (Phi) is 3.51. The van der Waals surface area contributed by atoms with Gasteiger partial charge >= 0.3 is 0 Å². The highest BCUT2D eigenvalue weighted by atomic mass is 16.1. The monoisotopic (exact) mass is 128 g/mol. The van der Waals surface area contributed by atoms with Crippen molar-refractivity contribution in [3.8, 4) is 0 Å². The molecule has 3 heteroatoms. The molecule has 0 atom stereocenters. The minimum atomic E-state index is 0.756. The lowest BCUT2D eigenvalue weighted by atomic mass is 10.5. The van der Waals surface area contributed by atoms with E-state index in [1.165, 1.54) is 6.08 Å². The Morgan fingerprint density at radius 3 is 2.22 bits per heavy atom. The molecule has 0 saturated carbocycles. The van der Waals surface area contributed by atoms with Gasteiger partial charge in [0.15, 0.2) is 0 Å². The fourth-order valence-corrected chi connectivity index (χ4v) is 0.520. The average Bonchev–Trinajstić information content (AvgIpc) is 1.82. The molecule has 0 aliphatic rings. The van der Waals surface area contributed by atoms with E-state index in [1.807, 2.05) is 19.0 Å². The van der Waals surface area contributed by atoms with Crippen LogP contribution in [0.25, 0.3) is 0 Å². The summed E-state index contributed by atoms with van der Waals surface area (Å²) in [5.74, 6) is 0.810. The van der Waals surface area contributed by atoms with Crippen LogP contribution >= 0.6 is 0 Å². The minimum absolute atomic E-state index is 0.756. The van der Waals surface area contributed by atoms with Gasteiger partial charge in [0.05, 0.1) is 0 Å². The Hall–Kier alpha value is -0.990. The Morgan fingerprint density at radius 2 is 2.11 bits per heavy atom. The van der Waals surface area contributed by atoms with Crippen molar-refractivity contribution in [2.75, 3.05) is 21.1 Å². The number of aldehydes is 1. The van der Waals surface area contributed by atoms with Crippen molar-refractivity contribution in [2.45, 2.75) is 0 Å². The molecule has 0 radical (unpaired) electrons. The van der Waals surface area contributed by atoms with Gasteiger partial charge in [-0.15, -0.1) is 0 Å². The molecule has 9 heavy (non-hydrogen) atoms. The molecule has 0 aromatic rings. The van der Waals surface area contributed by atoms with Gasteiger partial charge in [-0.1, -0.05) is 0 Å². The summed E-state index contributed by atoms with van der Waals surface area (Å²) < 4.78 is 0. The standard InChI is InChI=1S/C6H12N2O/c1-7-6(4-5-9)8(2)3/h4-5,7H,1-3H3. The summed E-state index contributed by atoms with van der Waals surface area (Å²) in [7, 11) is 5.51. The molecular formula is C6H12N2O. The van der Waals surface area contributed by atoms with Crippen molar-refractivity contribution in [1.82, 2.24) is 10.2 Å². The number of nitrogens with zero attached hydrogens (tertiary/aromatic N) is 1. The van der Waals surface area contributed by atoms with Gasteiger partial charge in [-0.05, 0) is 0 Å². The minimum Gasteiger partial charge on any atom is -0.375 e. The molecule has 0 saturated heterocycles. The first-order valence-corrected chi connectivity index (χ1v) is 2.73. The highest BCUT2D eigenvalue weighted by molar-refractivity contribution is 5.65. The van der Waals surface area contributed by atoms with Crippen LogP contribution in [0.3, 0.4) is 0 Å². The van der Waals surface area contributed by atoms with E-state index >= 15 is 0 Å². The lowest BCUT2D eigenvalue weighted by Gasteiger charge is -2.14. The number of carbonyl (C=O) groups is 1. The average molecular weight is 128 g/mol. The maximum absolute atomic E-state index is 9.94. The van der Waals surface area contributed by atoms with Crippen LogP contribution in [0.1, 0.15) is 0 Å². The second-order valence-electron chi connectivity index (χ2n) is 1.83. The third-order valence-corrected chi connectivity index (χ3v) is 0.964. The van der Waals surface area contributed by atoms with Gasteiger partial charge in [0, 0.05) is 27.2 Å². The van der Waals surface area contributed by atoms with Gasteiger partial charge in [0.25, 0.3) is 0 Å². The number of hydrogen-bond acceptors (Lipinski definition) is 3. The zero-order chi connectivity index (χ0) is 7.28. The summed E-state index contributed by atoms with van der Waals surface area (Å²) in [4.78, 5) is 11.8. The van der Waals surface area contributed by atoms with Gasteiger partial charge in [0.1, 0.15) is 12.1 Å². The molecule has 0 unspecified atom stereocenters. The van der Waals surface area contributed by atoms with Crippen molar-refractivity contribution in [2.24, 2.45) is 0 Å². The topological polar surface area (TPSA) is 32.3 Å². The SMILES string of the molecule is CNC(=CC=O)N(C)C. The van der Waals surface area contributed by atoms with E-state index in [0.29, 0.717) is 0 Å². The highest BCUT2D eigenvalue weighted by Gasteiger charge is 1.91. The lowest BCUT2D eigenvalue weighted by Crippen LogP contribution is -2.22. The van der Waals surface area contributed by atoms with Gasteiger partial charge in [0.2, 0.25) is 0 Å². The van der Waals surface area contributed by atoms with Crippen LogP contribution in [-0.4, -0.2) is 32.3 Å². The van der Waals surface area contributed by atoms with Crippen molar-refractivity contribution >= 4 is 6.29 Å². The Morgan fingerprint density at radius 1 is 1.56 bits per heavy atom. The fraction of sp³-hybridized carbons (Fsp3) is 0.500. The van der Waals surface area contributed by atoms with Crippen LogP contribution in [-0.2, 0) is 4.79 Å². The zero-order valence-electron chi connectivity index (χ0n) is 6.01. The smallest absolute Gasteiger partial charge is 0.146 e. The van der Waals surface area contributed by atoms with Crippen LogP contribution in [0.15, 0.2) is 11.9 Å². The first-order valence-electron chi connectivity index (χ1n) is 2.73. The molecule has 52 valence electrons. The van der Waals surface area contributed by atoms with Gasteiger partial charge < -0.3 is 10.2 Å². The molecule has 0 aromatic heterocycles. The molecule has 3 nitrogen and oxygen atoms in total. The molecule has 0 amide bonds. The van der Waals surface area contributed by atoms with Crippen LogP contribution in [0, 0.1) is 0 Å². The molecule has 0 aliphatic carbocycles. The van der Waals surface area contributed by atoms with Crippen LogP contribution in [0.4, 0.5) is 0 Å². The van der Waals surface area contributed by atoms with Crippen molar-refractivity contribution in [3.05, 3.63) is 11.9 Å². The molecule has 0 rings (SSSR count). The second-order valence-corrected chi connectivity index (χ2v) is 1.83. The summed E-state index contributed by atoms with van der Waals surface area (Å²) in [5, 5.41) is 2.86. The van der Waals surface area contributed by atoms with E-state index in [-0.39, 0.29) is 0 Å². The van der Waals surface area contributed by atoms with E-state index in [4.69, 9.17) is 0 Å². The number of nitrogens with one attached hydrogen (secondary N) is 1. The molecule has 0 aliphatic heterocycles. The summed E-state index contributed by atoms with van der Waals surface area (Å²) in [5.41, 5.74) is 0. The maximum atomic E-state index is 9.94. The number of hydrogen-bond donors (Lipinski definition) is 1. The van der Waals surface area contributed by atoms with E-state index in [1.54, 1.807) is 7.05 Å². The van der Waals surface area contributed by atoms with Crippen LogP contribution < -0.4 is 5.32 Å². The summed E-state index contributed by atoms with van der Waals surface area (Å²) in [6.45, 7) is 0. The highest BCUT2D eigenvalue weighted by Crippen LogP contribution is 1.87. The number of allylic oxidation sites excluding steroid dienone is 1. The molecule has 0 spiro atoms. The van der Waals surface area contributed by atoms with E-state index in [2.05, 4.69) is 5.32 Å². The largest absolute Gasteiger partial charge is 0.375 e. The van der Waals surface area contributed by atoms with E-state index < -0.39 is 0 Å². The molecule has 0 heterocycles. The predicted octanol–water partition coefficient (Wildman–Crippen LogP) is -0.192. The maximum Gasteiger partial charge on any atom is 0.146 e. The summed E-state index contributed by atoms with van der Waals surface area (Å²) >= 11 is 0. The second kappa shape index (κ2) is 3.95. The van der Waals surface area contributed by atoms with Crippen LogP contribution in [0.5, 0.6) is 0 Å². The summed E-state index contributed by atoms with van der Waals surface area (Å²) in [6, 6.07) is 0. The van der Waals surface area contributed by atoms with Crippen LogP contribution in [0.2, 0.25) is 0 Å². The van der Waals surface area contributed by atoms with E-state index in [9.17, 15) is 4.79 Å². The molecule has 0 bridgehead atoms. The number of rotatable bonds is 3. The van der Waals surface area contributed by atoms with Crippen molar-refractivity contribution in [1.29, 1.82) is 0 Å². The van der Waals surface area contributed by atoms with Gasteiger partial charge in [-0.25, -0.2) is 0 Å². The molecular weight excluding hydrogens is 116 g/mol. The first-order chi connectivity index (χ1) is 4.22. The van der Waals surface area contributed by atoms with Gasteiger partial charge in [-0.2, -0.15) is 0 Å². The Bertz CT molecular complexity index is 118. The first kappa shape index (κ1) is 8.01. The van der Waals surface area contributed by atoms with Gasteiger partial charge in [-0.3, -0.25) is 4.79 Å². The zero-order valence-corrected chi connectivity index (χ0v) is 6.01. The Labute approximate surface area is 55.3 Å². The van der Waals surface area contributed by atoms with Crippen molar-refractivity contribution < 1.29 is 4.79 Å². The normalized spacial score (nSPS) is 10.8. The third kappa shape index (κ3) is 2.74. The van der Waals surface area contributed by atoms with E-state index in [0.717, 1.165) is 12.1 Å². The third-order valence-electron chi connectivity index (χ3n) is 0.964. The fourth-order valence-electron chi connectivity index (χ4n) is 0.520.